The van der Waals surface area contributed by atoms with E-state index in [1.165, 1.54) is 18.2 Å². The average molecular weight is 313 g/mol. The minimum atomic E-state index is -1.83. The first-order chi connectivity index (χ1) is 10.0. The number of benzene rings is 1. The van der Waals surface area contributed by atoms with E-state index in [9.17, 15) is 9.18 Å². The monoisotopic (exact) mass is 313 g/mol. The molecule has 0 aliphatic carbocycles. The van der Waals surface area contributed by atoms with E-state index in [0.29, 0.717) is 12.1 Å². The summed E-state index contributed by atoms with van der Waals surface area (Å²) in [5, 5.41) is 2.62. The van der Waals surface area contributed by atoms with Gasteiger partial charge in [-0.05, 0) is 18.2 Å². The van der Waals surface area contributed by atoms with Crippen molar-refractivity contribution in [2.45, 2.75) is 11.2 Å². The molecule has 0 unspecified atom stereocenters. The van der Waals surface area contributed by atoms with Crippen LogP contribution in [-0.2, 0) is 15.1 Å². The van der Waals surface area contributed by atoms with Crippen molar-refractivity contribution in [3.8, 4) is 0 Å². The number of nitrogens with zero attached hydrogens (tertiary/aromatic N) is 1. The number of thioether (sulfide) groups is 1. The highest BCUT2D eigenvalue weighted by Crippen LogP contribution is 2.50. The van der Waals surface area contributed by atoms with Crippen molar-refractivity contribution >= 4 is 29.0 Å². The molecular formula is C13H13F2N3O2S. The van der Waals surface area contributed by atoms with Gasteiger partial charge in [0.25, 0.3) is 0 Å². The third-order valence-corrected chi connectivity index (χ3v) is 4.76. The second-order valence-corrected chi connectivity index (χ2v) is 6.01. The van der Waals surface area contributed by atoms with Crippen molar-refractivity contribution in [3.05, 3.63) is 29.6 Å². The first kappa shape index (κ1) is 14.3. The predicted molar refractivity (Wildman–Crippen MR) is 76.5 cm³/mol. The van der Waals surface area contributed by atoms with Crippen molar-refractivity contribution in [2.75, 3.05) is 24.3 Å². The number of alkyl halides is 1. The van der Waals surface area contributed by atoms with Crippen molar-refractivity contribution in [3.63, 3.8) is 0 Å². The Balaban J connectivity index is 2.18. The number of hydrogen-bond acceptors (Lipinski definition) is 5. The number of ether oxygens (including phenoxy) is 1. The number of fused-ring (bicyclic) bond motifs is 1. The fraction of sp³-hybridized carbons (Fsp3) is 0.385. The molecule has 8 heteroatoms. The normalized spacial score (nSPS) is 31.4. The number of nitrogens with one attached hydrogen (secondary N) is 1. The summed E-state index contributed by atoms with van der Waals surface area (Å²) < 4.78 is 34.7. The molecule has 0 bridgehead atoms. The van der Waals surface area contributed by atoms with E-state index in [4.69, 9.17) is 10.5 Å². The maximum Gasteiger partial charge on any atom is 0.211 e. The van der Waals surface area contributed by atoms with Gasteiger partial charge >= 0.3 is 0 Å². The molecule has 112 valence electrons. The van der Waals surface area contributed by atoms with E-state index in [0.717, 1.165) is 11.8 Å². The van der Waals surface area contributed by atoms with Gasteiger partial charge in [0.2, 0.25) is 6.41 Å². The SMILES string of the molecule is NC1=N[C@@]2(c3cc(NC=O)ccc3F)COC[C@@]2(F)CS1. The molecule has 1 saturated heterocycles. The second-order valence-electron chi connectivity index (χ2n) is 5.01. The zero-order chi connectivity index (χ0) is 15.1. The van der Waals surface area contributed by atoms with E-state index in [1.54, 1.807) is 0 Å². The quantitative estimate of drug-likeness (QED) is 0.827. The van der Waals surface area contributed by atoms with Crippen LogP contribution in [0.3, 0.4) is 0 Å². The van der Waals surface area contributed by atoms with Crippen LogP contribution in [0.2, 0.25) is 0 Å². The van der Waals surface area contributed by atoms with E-state index < -0.39 is 17.0 Å². The van der Waals surface area contributed by atoms with Crippen molar-refractivity contribution < 1.29 is 18.3 Å². The lowest BCUT2D eigenvalue weighted by molar-refractivity contribution is -0.105. The zero-order valence-electron chi connectivity index (χ0n) is 10.9. The molecular weight excluding hydrogens is 300 g/mol. The number of amidine groups is 1. The molecule has 0 radical (unpaired) electrons. The number of hydrogen-bond donors (Lipinski definition) is 2. The van der Waals surface area contributed by atoms with Crippen LogP contribution in [0.15, 0.2) is 23.2 Å². The molecule has 0 aromatic heterocycles. The van der Waals surface area contributed by atoms with Crippen molar-refractivity contribution in [2.24, 2.45) is 10.7 Å². The van der Waals surface area contributed by atoms with Gasteiger partial charge in [0.15, 0.2) is 16.4 Å². The van der Waals surface area contributed by atoms with Crippen LogP contribution in [0.4, 0.5) is 14.5 Å². The number of carbonyl (C=O) groups is 1. The molecule has 2 atom stereocenters. The number of amides is 1. The van der Waals surface area contributed by atoms with Crippen LogP contribution in [-0.4, -0.2) is 36.2 Å². The lowest BCUT2D eigenvalue weighted by Gasteiger charge is -2.38. The summed E-state index contributed by atoms with van der Waals surface area (Å²) in [5.74, 6) is -0.560. The number of nitrogens with two attached hydrogens (primary N) is 1. The van der Waals surface area contributed by atoms with E-state index in [1.807, 2.05) is 0 Å². The van der Waals surface area contributed by atoms with Gasteiger partial charge in [-0.25, -0.2) is 13.8 Å². The lowest BCUT2D eigenvalue weighted by atomic mass is 9.79. The summed E-state index contributed by atoms with van der Waals surface area (Å²) in [4.78, 5) is 14.7. The summed E-state index contributed by atoms with van der Waals surface area (Å²) in [6.45, 7) is -0.256. The van der Waals surface area contributed by atoms with Gasteiger partial charge in [-0.15, -0.1) is 0 Å². The fourth-order valence-corrected chi connectivity index (χ4v) is 3.61. The smallest absolute Gasteiger partial charge is 0.211 e. The van der Waals surface area contributed by atoms with Crippen LogP contribution < -0.4 is 11.1 Å². The lowest BCUT2D eigenvalue weighted by Crippen LogP contribution is -2.52. The molecule has 3 N–H and O–H groups in total. The van der Waals surface area contributed by atoms with Gasteiger partial charge in [0, 0.05) is 17.0 Å². The summed E-state index contributed by atoms with van der Waals surface area (Å²) in [6, 6.07) is 3.94. The van der Waals surface area contributed by atoms with Gasteiger partial charge in [-0.2, -0.15) is 0 Å². The maximum atomic E-state index is 15.2. The first-order valence-corrected chi connectivity index (χ1v) is 7.24. The van der Waals surface area contributed by atoms with Gasteiger partial charge in [-0.3, -0.25) is 4.79 Å². The Labute approximate surface area is 123 Å². The Bertz CT molecular complexity index is 627. The molecule has 2 heterocycles. The molecule has 1 aromatic rings. The Kier molecular flexibility index (Phi) is 3.37. The average Bonchev–Trinajstić information content (AvgIpc) is 2.79. The van der Waals surface area contributed by atoms with Gasteiger partial charge in [0.05, 0.1) is 13.2 Å². The molecule has 1 aromatic carbocycles. The highest BCUT2D eigenvalue weighted by atomic mass is 32.2. The number of halogens is 2. The maximum absolute atomic E-state index is 15.2. The Morgan fingerprint density at radius 1 is 1.48 bits per heavy atom. The fourth-order valence-electron chi connectivity index (χ4n) is 2.69. The predicted octanol–water partition coefficient (Wildman–Crippen LogP) is 1.39. The largest absolute Gasteiger partial charge is 0.379 e. The Morgan fingerprint density at radius 2 is 2.29 bits per heavy atom. The highest BCUT2D eigenvalue weighted by Gasteiger charge is 2.61. The zero-order valence-corrected chi connectivity index (χ0v) is 11.8. The van der Waals surface area contributed by atoms with E-state index in [-0.39, 0.29) is 29.7 Å². The highest BCUT2D eigenvalue weighted by molar-refractivity contribution is 8.13. The van der Waals surface area contributed by atoms with Gasteiger partial charge in [-0.1, -0.05) is 11.8 Å². The molecule has 5 nitrogen and oxygen atoms in total. The molecule has 1 amide bonds. The van der Waals surface area contributed by atoms with Crippen LogP contribution >= 0.6 is 11.8 Å². The molecule has 0 saturated carbocycles. The summed E-state index contributed by atoms with van der Waals surface area (Å²) in [5.41, 5.74) is 2.77. The second kappa shape index (κ2) is 4.96. The van der Waals surface area contributed by atoms with Crippen molar-refractivity contribution in [1.82, 2.24) is 0 Å². The Hall–Kier alpha value is -1.67. The number of anilines is 1. The summed E-state index contributed by atoms with van der Waals surface area (Å²) >= 11 is 1.09. The Morgan fingerprint density at radius 3 is 3.05 bits per heavy atom. The first-order valence-electron chi connectivity index (χ1n) is 6.26. The van der Waals surface area contributed by atoms with E-state index in [2.05, 4.69) is 10.3 Å². The third kappa shape index (κ3) is 2.09. The molecule has 3 rings (SSSR count). The molecule has 0 spiro atoms. The van der Waals surface area contributed by atoms with Crippen LogP contribution in [0.1, 0.15) is 5.56 Å². The number of rotatable bonds is 3. The standard InChI is InChI=1S/C13H13F2N3O2S/c14-10-2-1-8(17-7-19)3-9(10)13-5-20-4-12(13,15)6-21-11(16)18-13/h1-3,7H,4-6H2,(H2,16,18)(H,17,19)/t12-,13-/m1/s1. The van der Waals surface area contributed by atoms with Gasteiger partial charge in [0.1, 0.15) is 5.82 Å². The number of carbonyl (C=O) groups excluding carboxylic acids is 1. The molecule has 1 fully saturated rings. The molecule has 2 aliphatic rings. The topological polar surface area (TPSA) is 76.7 Å². The summed E-state index contributed by atoms with van der Waals surface area (Å²) in [7, 11) is 0. The van der Waals surface area contributed by atoms with Crippen LogP contribution in [0, 0.1) is 5.82 Å². The van der Waals surface area contributed by atoms with Gasteiger partial charge < -0.3 is 15.8 Å². The number of aliphatic imine (C=N–C) groups is 1. The van der Waals surface area contributed by atoms with Crippen molar-refractivity contribution in [1.29, 1.82) is 0 Å². The van der Waals surface area contributed by atoms with Crippen LogP contribution in [0.5, 0.6) is 0 Å². The summed E-state index contributed by atoms with van der Waals surface area (Å²) in [6.07, 6.45) is 0.469. The minimum Gasteiger partial charge on any atom is -0.379 e. The minimum absolute atomic E-state index is 0.0394. The molecule has 21 heavy (non-hydrogen) atoms. The van der Waals surface area contributed by atoms with E-state index >= 15 is 4.39 Å². The van der Waals surface area contributed by atoms with Crippen LogP contribution in [0.25, 0.3) is 0 Å². The third-order valence-electron chi connectivity index (χ3n) is 3.77. The molecule has 2 aliphatic heterocycles.